The van der Waals surface area contributed by atoms with Crippen LogP contribution in [0.1, 0.15) is 61.5 Å². The number of ether oxygens (including phenoxy) is 1. The van der Waals surface area contributed by atoms with E-state index in [0.29, 0.717) is 23.3 Å². The number of nitrogens with zero attached hydrogens (tertiary/aromatic N) is 2. The molecule has 0 amide bonds. The van der Waals surface area contributed by atoms with E-state index in [4.69, 9.17) is 9.72 Å². The number of thioether (sulfide) groups is 1. The molecule has 1 aliphatic rings. The van der Waals surface area contributed by atoms with E-state index in [-0.39, 0.29) is 17.4 Å². The molecule has 5 nitrogen and oxygen atoms in total. The Hall–Kier alpha value is -2.60. The molecule has 1 fully saturated rings. The van der Waals surface area contributed by atoms with Gasteiger partial charge in [0.1, 0.15) is 5.75 Å². The average molecular weight is 423 g/mol. The minimum Gasteiger partial charge on any atom is -0.494 e. The fraction of sp³-hybridized carbons (Fsp3) is 0.375. The molecule has 2 aromatic carbocycles. The lowest BCUT2D eigenvalue weighted by Gasteiger charge is -2.19. The van der Waals surface area contributed by atoms with E-state index in [1.165, 1.54) is 11.8 Å². The zero-order chi connectivity index (χ0) is 21.1. The number of hydrogen-bond donors (Lipinski definition) is 0. The SMILES string of the molecule is CCOc1ccc(C(C)=O)cc1CSc1nc2ccccc2c(=O)n1C1CCCC1. The largest absolute Gasteiger partial charge is 0.494 e. The molecule has 6 heteroatoms. The molecular formula is C24H26N2O3S. The van der Waals surface area contributed by atoms with Crippen molar-refractivity contribution in [3.8, 4) is 5.75 Å². The van der Waals surface area contributed by atoms with Crippen molar-refractivity contribution < 1.29 is 9.53 Å². The number of carbonyl (C=O) groups excluding carboxylic acids is 1. The van der Waals surface area contributed by atoms with Crippen LogP contribution in [0.4, 0.5) is 0 Å². The molecule has 0 aliphatic heterocycles. The standard InChI is InChI=1S/C24H26N2O3S/c1-3-29-22-13-12-17(16(2)27)14-18(22)15-30-24-25-21-11-7-6-10-20(21)23(28)26(24)19-8-4-5-9-19/h6-7,10-14,19H,3-5,8-9,15H2,1-2H3. The van der Waals surface area contributed by atoms with Crippen LogP contribution >= 0.6 is 11.8 Å². The van der Waals surface area contributed by atoms with Crippen LogP contribution in [0, 0.1) is 0 Å². The molecule has 1 saturated carbocycles. The summed E-state index contributed by atoms with van der Waals surface area (Å²) >= 11 is 1.54. The van der Waals surface area contributed by atoms with Gasteiger partial charge in [-0.05, 0) is 57.0 Å². The van der Waals surface area contributed by atoms with Gasteiger partial charge in [0.25, 0.3) is 5.56 Å². The van der Waals surface area contributed by atoms with Gasteiger partial charge in [-0.25, -0.2) is 4.98 Å². The molecule has 1 heterocycles. The topological polar surface area (TPSA) is 61.2 Å². The highest BCUT2D eigenvalue weighted by Crippen LogP contribution is 2.34. The highest BCUT2D eigenvalue weighted by molar-refractivity contribution is 7.98. The lowest BCUT2D eigenvalue weighted by atomic mass is 10.1. The third-order valence-electron chi connectivity index (χ3n) is 5.59. The van der Waals surface area contributed by atoms with E-state index in [1.54, 1.807) is 13.0 Å². The lowest BCUT2D eigenvalue weighted by Crippen LogP contribution is -2.26. The highest BCUT2D eigenvalue weighted by atomic mass is 32.2. The maximum absolute atomic E-state index is 13.3. The molecule has 156 valence electrons. The maximum Gasteiger partial charge on any atom is 0.262 e. The minimum atomic E-state index is 0.0241. The van der Waals surface area contributed by atoms with Crippen molar-refractivity contribution >= 4 is 28.4 Å². The van der Waals surface area contributed by atoms with Gasteiger partial charge in [0.2, 0.25) is 0 Å². The van der Waals surface area contributed by atoms with Gasteiger partial charge in [0.05, 0.1) is 17.5 Å². The Labute approximate surface area is 180 Å². The van der Waals surface area contributed by atoms with Gasteiger partial charge >= 0.3 is 0 Å². The zero-order valence-corrected chi connectivity index (χ0v) is 18.2. The van der Waals surface area contributed by atoms with E-state index < -0.39 is 0 Å². The number of benzene rings is 2. The summed E-state index contributed by atoms with van der Waals surface area (Å²) in [4.78, 5) is 30.0. The van der Waals surface area contributed by atoms with Crippen LogP contribution in [-0.4, -0.2) is 21.9 Å². The monoisotopic (exact) mass is 422 g/mol. The van der Waals surface area contributed by atoms with Crippen molar-refractivity contribution in [2.75, 3.05) is 6.61 Å². The molecule has 0 atom stereocenters. The van der Waals surface area contributed by atoms with Gasteiger partial charge < -0.3 is 4.74 Å². The summed E-state index contributed by atoms with van der Waals surface area (Å²) in [5.41, 5.74) is 2.36. The second-order valence-corrected chi connectivity index (χ2v) is 8.57. The summed E-state index contributed by atoms with van der Waals surface area (Å²) in [5, 5.41) is 1.41. The quantitative estimate of drug-likeness (QED) is 0.290. The van der Waals surface area contributed by atoms with Crippen molar-refractivity contribution in [3.05, 3.63) is 63.9 Å². The Balaban J connectivity index is 1.73. The zero-order valence-electron chi connectivity index (χ0n) is 17.4. The summed E-state index contributed by atoms with van der Waals surface area (Å²) < 4.78 is 7.67. The van der Waals surface area contributed by atoms with E-state index in [9.17, 15) is 9.59 Å². The number of para-hydroxylation sites is 1. The number of carbonyl (C=O) groups is 1. The smallest absolute Gasteiger partial charge is 0.262 e. The molecule has 0 radical (unpaired) electrons. The van der Waals surface area contributed by atoms with E-state index >= 15 is 0 Å². The fourth-order valence-electron chi connectivity index (χ4n) is 4.06. The molecule has 4 rings (SSSR count). The fourth-order valence-corrected chi connectivity index (χ4v) is 5.11. The number of ketones is 1. The number of hydrogen-bond acceptors (Lipinski definition) is 5. The Kier molecular flexibility index (Phi) is 6.23. The van der Waals surface area contributed by atoms with Crippen molar-refractivity contribution in [1.29, 1.82) is 0 Å². The number of aromatic nitrogens is 2. The van der Waals surface area contributed by atoms with E-state index in [1.807, 2.05) is 47.9 Å². The summed E-state index contributed by atoms with van der Waals surface area (Å²) in [5.74, 6) is 1.37. The highest BCUT2D eigenvalue weighted by Gasteiger charge is 2.23. The molecule has 3 aromatic rings. The van der Waals surface area contributed by atoms with Crippen molar-refractivity contribution in [1.82, 2.24) is 9.55 Å². The van der Waals surface area contributed by atoms with Gasteiger partial charge in [-0.3, -0.25) is 14.2 Å². The third kappa shape index (κ3) is 4.15. The predicted molar refractivity (Wildman–Crippen MR) is 121 cm³/mol. The summed E-state index contributed by atoms with van der Waals surface area (Å²) in [6.45, 7) is 4.06. The normalized spacial score (nSPS) is 14.3. The lowest BCUT2D eigenvalue weighted by molar-refractivity contribution is 0.101. The van der Waals surface area contributed by atoms with Crippen LogP contribution < -0.4 is 10.3 Å². The maximum atomic E-state index is 13.3. The molecule has 0 spiro atoms. The van der Waals surface area contributed by atoms with Crippen LogP contribution in [0.5, 0.6) is 5.75 Å². The summed E-state index contributed by atoms with van der Waals surface area (Å²) in [7, 11) is 0. The second kappa shape index (κ2) is 9.04. The van der Waals surface area contributed by atoms with Gasteiger partial charge in [-0.15, -0.1) is 0 Å². The van der Waals surface area contributed by atoms with Crippen molar-refractivity contribution in [2.24, 2.45) is 0 Å². The summed E-state index contributed by atoms with van der Waals surface area (Å²) in [6.07, 6.45) is 4.31. The molecule has 1 aromatic heterocycles. The minimum absolute atomic E-state index is 0.0241. The molecule has 0 unspecified atom stereocenters. The Morgan fingerprint density at radius 2 is 1.97 bits per heavy atom. The van der Waals surface area contributed by atoms with Crippen LogP contribution in [0.2, 0.25) is 0 Å². The Bertz CT molecular complexity index is 1130. The molecule has 1 aliphatic carbocycles. The average Bonchev–Trinajstić information content (AvgIpc) is 3.27. The molecule has 30 heavy (non-hydrogen) atoms. The molecule has 0 bridgehead atoms. The number of Topliss-reactive ketones (excluding diaryl/α,β-unsaturated/α-hetero) is 1. The van der Waals surface area contributed by atoms with Gasteiger partial charge in [0.15, 0.2) is 10.9 Å². The first-order chi connectivity index (χ1) is 14.6. The first-order valence-corrected chi connectivity index (χ1v) is 11.5. The van der Waals surface area contributed by atoms with Crippen molar-refractivity contribution in [2.45, 2.75) is 56.5 Å². The molecular weight excluding hydrogens is 396 g/mol. The molecule has 0 saturated heterocycles. The number of rotatable bonds is 7. The second-order valence-electron chi connectivity index (χ2n) is 7.63. The Morgan fingerprint density at radius 3 is 2.70 bits per heavy atom. The van der Waals surface area contributed by atoms with E-state index in [2.05, 4.69) is 0 Å². The van der Waals surface area contributed by atoms with Gasteiger partial charge in [-0.1, -0.05) is 36.7 Å². The van der Waals surface area contributed by atoms with Crippen LogP contribution in [0.15, 0.2) is 52.4 Å². The molecule has 0 N–H and O–H groups in total. The first kappa shape index (κ1) is 20.7. The van der Waals surface area contributed by atoms with Crippen LogP contribution in [0.25, 0.3) is 10.9 Å². The Morgan fingerprint density at radius 1 is 1.20 bits per heavy atom. The van der Waals surface area contributed by atoms with Crippen LogP contribution in [0.3, 0.4) is 0 Å². The third-order valence-corrected chi connectivity index (χ3v) is 6.59. The summed E-state index contributed by atoms with van der Waals surface area (Å²) in [6, 6.07) is 13.3. The first-order valence-electron chi connectivity index (χ1n) is 10.5. The van der Waals surface area contributed by atoms with E-state index in [0.717, 1.165) is 47.7 Å². The van der Waals surface area contributed by atoms with Gasteiger partial charge in [0, 0.05) is 22.9 Å². The van der Waals surface area contributed by atoms with Crippen LogP contribution in [-0.2, 0) is 5.75 Å². The predicted octanol–water partition coefficient (Wildman–Crippen LogP) is 5.41. The number of fused-ring (bicyclic) bond motifs is 1. The van der Waals surface area contributed by atoms with Gasteiger partial charge in [-0.2, -0.15) is 0 Å². The van der Waals surface area contributed by atoms with Crippen molar-refractivity contribution in [3.63, 3.8) is 0 Å².